The van der Waals surface area contributed by atoms with Crippen LogP contribution in [0.25, 0.3) is 0 Å². The van der Waals surface area contributed by atoms with E-state index in [4.69, 9.17) is 10.2 Å². The molecule has 0 fully saturated rings. The summed E-state index contributed by atoms with van der Waals surface area (Å²) in [6, 6.07) is 4.97. The zero-order valence-corrected chi connectivity index (χ0v) is 5.65. The molecule has 1 rings (SSSR count). The predicted octanol–water partition coefficient (Wildman–Crippen LogP) is 0.239. The molecule has 0 aliphatic carbocycles. The van der Waals surface area contributed by atoms with Gasteiger partial charge in [0, 0.05) is 6.20 Å². The Balaban J connectivity index is 2.97. The van der Waals surface area contributed by atoms with Crippen molar-refractivity contribution in [1.82, 2.24) is 4.98 Å². The molecule has 0 aliphatic rings. The van der Waals surface area contributed by atoms with E-state index >= 15 is 0 Å². The van der Waals surface area contributed by atoms with Crippen molar-refractivity contribution in [2.45, 2.75) is 12.7 Å². The molecule has 0 amide bonds. The Kier molecular flexibility index (Phi) is 1.70. The molecule has 0 saturated carbocycles. The van der Waals surface area contributed by atoms with E-state index in [1.807, 2.05) is 0 Å². The number of aliphatic hydroxyl groups is 2. The summed E-state index contributed by atoms with van der Waals surface area (Å²) in [5, 5.41) is 18.0. The van der Waals surface area contributed by atoms with Crippen LogP contribution < -0.4 is 0 Å². The molecular formula is C7H9NO2. The van der Waals surface area contributed by atoms with Crippen LogP contribution in [0.5, 0.6) is 0 Å². The Morgan fingerprint density at radius 2 is 2.10 bits per heavy atom. The molecular weight excluding hydrogens is 130 g/mol. The van der Waals surface area contributed by atoms with Crippen molar-refractivity contribution in [2.24, 2.45) is 0 Å². The van der Waals surface area contributed by atoms with Crippen molar-refractivity contribution < 1.29 is 10.2 Å². The first-order valence-electron chi connectivity index (χ1n) is 2.97. The van der Waals surface area contributed by atoms with Gasteiger partial charge in [-0.25, -0.2) is 0 Å². The van der Waals surface area contributed by atoms with Gasteiger partial charge < -0.3 is 10.2 Å². The lowest BCUT2D eigenvalue weighted by molar-refractivity contribution is -0.155. The molecule has 0 aromatic carbocycles. The molecule has 0 unspecified atom stereocenters. The maximum absolute atomic E-state index is 8.98. The normalized spacial score (nSPS) is 11.5. The fraction of sp³-hybridized carbons (Fsp3) is 0.286. The minimum Gasteiger partial charge on any atom is -0.361 e. The lowest BCUT2D eigenvalue weighted by Gasteiger charge is -2.13. The first-order chi connectivity index (χ1) is 4.61. The maximum atomic E-state index is 8.98. The quantitative estimate of drug-likeness (QED) is 0.548. The minimum atomic E-state index is -1.82. The Morgan fingerprint density at radius 3 is 2.40 bits per heavy atom. The Bertz CT molecular complexity index is 203. The van der Waals surface area contributed by atoms with Crippen LogP contribution in [0, 0.1) is 0 Å². The molecule has 1 aromatic rings. The molecule has 3 heteroatoms. The largest absolute Gasteiger partial charge is 0.361 e. The third kappa shape index (κ3) is 1.52. The van der Waals surface area contributed by atoms with Gasteiger partial charge in [0.25, 0.3) is 0 Å². The number of hydrogen-bond donors (Lipinski definition) is 2. The topological polar surface area (TPSA) is 53.4 Å². The highest BCUT2D eigenvalue weighted by molar-refractivity contribution is 5.07. The van der Waals surface area contributed by atoms with E-state index in [0.29, 0.717) is 0 Å². The highest BCUT2D eigenvalue weighted by Gasteiger charge is 2.18. The van der Waals surface area contributed by atoms with Crippen molar-refractivity contribution in [3.63, 3.8) is 0 Å². The summed E-state index contributed by atoms with van der Waals surface area (Å²) in [6.45, 7) is 1.27. The van der Waals surface area contributed by atoms with E-state index in [-0.39, 0.29) is 5.69 Å². The summed E-state index contributed by atoms with van der Waals surface area (Å²) >= 11 is 0. The van der Waals surface area contributed by atoms with Gasteiger partial charge in [-0.3, -0.25) is 4.98 Å². The van der Waals surface area contributed by atoms with Crippen LogP contribution in [-0.4, -0.2) is 15.2 Å². The molecule has 0 aliphatic heterocycles. The molecule has 0 spiro atoms. The zero-order valence-electron chi connectivity index (χ0n) is 5.65. The summed E-state index contributed by atoms with van der Waals surface area (Å²) in [4.78, 5) is 3.75. The van der Waals surface area contributed by atoms with Gasteiger partial charge in [0.1, 0.15) is 0 Å². The monoisotopic (exact) mass is 139 g/mol. The van der Waals surface area contributed by atoms with Gasteiger partial charge in [0.2, 0.25) is 5.79 Å². The predicted molar refractivity (Wildman–Crippen MR) is 36.0 cm³/mol. The molecule has 2 N–H and O–H groups in total. The number of rotatable bonds is 1. The summed E-state index contributed by atoms with van der Waals surface area (Å²) in [6.07, 6.45) is 1.51. The van der Waals surface area contributed by atoms with Crippen LogP contribution in [0.15, 0.2) is 24.4 Å². The van der Waals surface area contributed by atoms with Gasteiger partial charge in [-0.1, -0.05) is 6.07 Å². The van der Waals surface area contributed by atoms with Crippen LogP contribution >= 0.6 is 0 Å². The average Bonchev–Trinajstić information content (AvgIpc) is 1.88. The van der Waals surface area contributed by atoms with Gasteiger partial charge in [-0.2, -0.15) is 0 Å². The second-order valence-corrected chi connectivity index (χ2v) is 2.24. The fourth-order valence-corrected chi connectivity index (χ4v) is 0.643. The second kappa shape index (κ2) is 2.36. The first-order valence-corrected chi connectivity index (χ1v) is 2.97. The van der Waals surface area contributed by atoms with Gasteiger partial charge in [-0.15, -0.1) is 0 Å². The van der Waals surface area contributed by atoms with Crippen molar-refractivity contribution in [3.8, 4) is 0 Å². The average molecular weight is 139 g/mol. The SMILES string of the molecule is CC(O)(O)c1ccccn1. The Hall–Kier alpha value is -0.930. The van der Waals surface area contributed by atoms with Crippen molar-refractivity contribution in [1.29, 1.82) is 0 Å². The van der Waals surface area contributed by atoms with Crippen LogP contribution in [0.2, 0.25) is 0 Å². The van der Waals surface area contributed by atoms with E-state index < -0.39 is 5.79 Å². The zero-order chi connectivity index (χ0) is 7.61. The summed E-state index contributed by atoms with van der Waals surface area (Å²) in [5.41, 5.74) is 0.259. The molecule has 1 aromatic heterocycles. The fourth-order valence-electron chi connectivity index (χ4n) is 0.643. The summed E-state index contributed by atoms with van der Waals surface area (Å²) in [5.74, 6) is -1.82. The van der Waals surface area contributed by atoms with Crippen LogP contribution in [-0.2, 0) is 5.79 Å². The van der Waals surface area contributed by atoms with Crippen LogP contribution in [0.4, 0.5) is 0 Å². The summed E-state index contributed by atoms with van der Waals surface area (Å²) < 4.78 is 0. The first kappa shape index (κ1) is 7.18. The van der Waals surface area contributed by atoms with Gasteiger partial charge in [0.05, 0.1) is 5.69 Å². The summed E-state index contributed by atoms with van der Waals surface area (Å²) in [7, 11) is 0. The molecule has 0 saturated heterocycles. The van der Waals surface area contributed by atoms with E-state index in [9.17, 15) is 0 Å². The lowest BCUT2D eigenvalue weighted by atomic mass is 10.2. The number of aromatic nitrogens is 1. The van der Waals surface area contributed by atoms with E-state index in [0.717, 1.165) is 0 Å². The molecule has 3 nitrogen and oxygen atoms in total. The number of hydrogen-bond acceptors (Lipinski definition) is 3. The van der Waals surface area contributed by atoms with E-state index in [1.54, 1.807) is 18.2 Å². The standard InChI is InChI=1S/C7H9NO2/c1-7(9,10)6-4-2-3-5-8-6/h2-5,9-10H,1H3. The minimum absolute atomic E-state index is 0.259. The molecule has 0 bridgehead atoms. The van der Waals surface area contributed by atoms with Crippen LogP contribution in [0.3, 0.4) is 0 Å². The highest BCUT2D eigenvalue weighted by Crippen LogP contribution is 2.11. The van der Waals surface area contributed by atoms with Gasteiger partial charge in [-0.05, 0) is 19.1 Å². The van der Waals surface area contributed by atoms with Gasteiger partial charge in [0.15, 0.2) is 0 Å². The van der Waals surface area contributed by atoms with Crippen LogP contribution in [0.1, 0.15) is 12.6 Å². The number of nitrogens with zero attached hydrogens (tertiary/aromatic N) is 1. The Labute approximate surface area is 59.0 Å². The Morgan fingerprint density at radius 1 is 1.40 bits per heavy atom. The second-order valence-electron chi connectivity index (χ2n) is 2.24. The van der Waals surface area contributed by atoms with Crippen molar-refractivity contribution in [3.05, 3.63) is 30.1 Å². The van der Waals surface area contributed by atoms with Crippen molar-refractivity contribution >= 4 is 0 Å². The van der Waals surface area contributed by atoms with E-state index in [2.05, 4.69) is 4.98 Å². The lowest BCUT2D eigenvalue weighted by Crippen LogP contribution is -2.20. The molecule has 0 radical (unpaired) electrons. The van der Waals surface area contributed by atoms with Gasteiger partial charge >= 0.3 is 0 Å². The van der Waals surface area contributed by atoms with E-state index in [1.165, 1.54) is 13.1 Å². The maximum Gasteiger partial charge on any atom is 0.204 e. The number of pyridine rings is 1. The molecule has 0 atom stereocenters. The third-order valence-corrected chi connectivity index (χ3v) is 1.15. The smallest absolute Gasteiger partial charge is 0.204 e. The molecule has 10 heavy (non-hydrogen) atoms. The molecule has 54 valence electrons. The molecule has 1 heterocycles. The van der Waals surface area contributed by atoms with Crippen molar-refractivity contribution in [2.75, 3.05) is 0 Å². The third-order valence-electron chi connectivity index (χ3n) is 1.15. The highest BCUT2D eigenvalue weighted by atomic mass is 16.5.